The standard InChI is InChI=1S/C16H26N4O/c1-4-7-14(17-6-3)13-9-10-20(11-13)12-16-18-15(8-5-2)19-21-16/h9-11,14,17H,4-8,12H2,1-3H3. The molecule has 0 aromatic carbocycles. The Bertz CT molecular complexity index is 526. The molecular formula is C16H26N4O. The lowest BCUT2D eigenvalue weighted by Gasteiger charge is -2.15. The first kappa shape index (κ1) is 15.8. The molecule has 1 atom stereocenters. The Hall–Kier alpha value is -1.62. The van der Waals surface area contributed by atoms with Crippen LogP contribution >= 0.6 is 0 Å². The molecule has 2 heterocycles. The monoisotopic (exact) mass is 290 g/mol. The van der Waals surface area contributed by atoms with Crippen molar-refractivity contribution in [2.75, 3.05) is 6.54 Å². The Labute approximate surface area is 126 Å². The molecule has 0 aliphatic carbocycles. The van der Waals surface area contributed by atoms with E-state index in [9.17, 15) is 0 Å². The highest BCUT2D eigenvalue weighted by atomic mass is 16.5. The second-order valence-corrected chi connectivity index (χ2v) is 5.37. The average Bonchev–Trinajstić information content (AvgIpc) is 3.09. The third-order valence-electron chi connectivity index (χ3n) is 3.51. The first-order chi connectivity index (χ1) is 10.3. The zero-order valence-electron chi connectivity index (χ0n) is 13.3. The summed E-state index contributed by atoms with van der Waals surface area (Å²) < 4.78 is 7.40. The summed E-state index contributed by atoms with van der Waals surface area (Å²) >= 11 is 0. The maximum Gasteiger partial charge on any atom is 0.246 e. The fourth-order valence-corrected chi connectivity index (χ4v) is 2.52. The van der Waals surface area contributed by atoms with Crippen molar-refractivity contribution in [3.05, 3.63) is 35.7 Å². The number of nitrogens with zero attached hydrogens (tertiary/aromatic N) is 3. The molecular weight excluding hydrogens is 264 g/mol. The van der Waals surface area contributed by atoms with Crippen molar-refractivity contribution in [3.63, 3.8) is 0 Å². The number of hydrogen-bond acceptors (Lipinski definition) is 4. The summed E-state index contributed by atoms with van der Waals surface area (Å²) in [6.07, 6.45) is 8.49. The van der Waals surface area contributed by atoms with Gasteiger partial charge in [-0.3, -0.25) is 0 Å². The first-order valence-corrected chi connectivity index (χ1v) is 7.97. The van der Waals surface area contributed by atoms with Crippen LogP contribution in [0, 0.1) is 0 Å². The van der Waals surface area contributed by atoms with E-state index in [-0.39, 0.29) is 0 Å². The minimum atomic E-state index is 0.430. The number of rotatable bonds is 9. The largest absolute Gasteiger partial charge is 0.345 e. The van der Waals surface area contributed by atoms with Crippen LogP contribution in [0.2, 0.25) is 0 Å². The summed E-state index contributed by atoms with van der Waals surface area (Å²) in [4.78, 5) is 4.41. The zero-order valence-corrected chi connectivity index (χ0v) is 13.3. The average molecular weight is 290 g/mol. The molecule has 0 saturated heterocycles. The van der Waals surface area contributed by atoms with Crippen molar-refractivity contribution in [1.82, 2.24) is 20.0 Å². The smallest absolute Gasteiger partial charge is 0.246 e. The summed E-state index contributed by atoms with van der Waals surface area (Å²) in [5.41, 5.74) is 1.33. The lowest BCUT2D eigenvalue weighted by Crippen LogP contribution is -2.20. The Morgan fingerprint density at radius 3 is 2.86 bits per heavy atom. The second-order valence-electron chi connectivity index (χ2n) is 5.37. The van der Waals surface area contributed by atoms with E-state index in [2.05, 4.69) is 59.3 Å². The summed E-state index contributed by atoms with van der Waals surface area (Å²) in [5.74, 6) is 1.48. The Morgan fingerprint density at radius 2 is 2.14 bits per heavy atom. The number of aryl methyl sites for hydroxylation is 1. The molecule has 0 bridgehead atoms. The van der Waals surface area contributed by atoms with Gasteiger partial charge in [0.1, 0.15) is 6.54 Å². The van der Waals surface area contributed by atoms with Gasteiger partial charge in [0.25, 0.3) is 0 Å². The van der Waals surface area contributed by atoms with Crippen LogP contribution in [-0.4, -0.2) is 21.3 Å². The molecule has 2 aromatic rings. The van der Waals surface area contributed by atoms with Gasteiger partial charge in [0, 0.05) is 24.9 Å². The summed E-state index contributed by atoms with van der Waals surface area (Å²) in [7, 11) is 0. The van der Waals surface area contributed by atoms with E-state index in [4.69, 9.17) is 4.52 Å². The SMILES string of the molecule is CCCc1noc(Cn2ccc(C(CCC)NCC)c2)n1. The van der Waals surface area contributed by atoms with E-state index in [1.807, 2.05) is 0 Å². The maximum absolute atomic E-state index is 5.29. The van der Waals surface area contributed by atoms with Gasteiger partial charge in [-0.1, -0.05) is 32.3 Å². The van der Waals surface area contributed by atoms with Crippen molar-refractivity contribution in [1.29, 1.82) is 0 Å². The van der Waals surface area contributed by atoms with Gasteiger partial charge < -0.3 is 14.4 Å². The Morgan fingerprint density at radius 1 is 1.29 bits per heavy atom. The normalized spacial score (nSPS) is 12.7. The highest BCUT2D eigenvalue weighted by Gasteiger charge is 2.12. The van der Waals surface area contributed by atoms with Crippen molar-refractivity contribution < 1.29 is 4.52 Å². The van der Waals surface area contributed by atoms with Crippen molar-refractivity contribution in [3.8, 4) is 0 Å². The fraction of sp³-hybridized carbons (Fsp3) is 0.625. The molecule has 1 N–H and O–H groups in total. The van der Waals surface area contributed by atoms with Gasteiger partial charge in [-0.05, 0) is 31.0 Å². The van der Waals surface area contributed by atoms with E-state index in [0.717, 1.165) is 31.6 Å². The third-order valence-corrected chi connectivity index (χ3v) is 3.51. The molecule has 5 heteroatoms. The lowest BCUT2D eigenvalue weighted by molar-refractivity contribution is 0.366. The Balaban J connectivity index is 2.00. The minimum Gasteiger partial charge on any atom is -0.345 e. The van der Waals surface area contributed by atoms with E-state index in [1.54, 1.807) is 0 Å². The highest BCUT2D eigenvalue weighted by Crippen LogP contribution is 2.19. The van der Waals surface area contributed by atoms with E-state index < -0.39 is 0 Å². The van der Waals surface area contributed by atoms with Gasteiger partial charge in [-0.15, -0.1) is 0 Å². The quantitative estimate of drug-likeness (QED) is 0.769. The van der Waals surface area contributed by atoms with Crippen LogP contribution in [0.3, 0.4) is 0 Å². The van der Waals surface area contributed by atoms with Gasteiger partial charge in [-0.25, -0.2) is 0 Å². The van der Waals surface area contributed by atoms with Crippen molar-refractivity contribution in [2.45, 2.75) is 59.0 Å². The van der Waals surface area contributed by atoms with Crippen LogP contribution in [0.15, 0.2) is 23.0 Å². The molecule has 0 aliphatic heterocycles. The highest BCUT2D eigenvalue weighted by molar-refractivity contribution is 5.16. The molecule has 21 heavy (non-hydrogen) atoms. The molecule has 2 rings (SSSR count). The molecule has 0 fully saturated rings. The number of aromatic nitrogens is 3. The van der Waals surface area contributed by atoms with Crippen LogP contribution in [0.25, 0.3) is 0 Å². The van der Waals surface area contributed by atoms with Crippen molar-refractivity contribution in [2.24, 2.45) is 0 Å². The van der Waals surface area contributed by atoms with Gasteiger partial charge in [-0.2, -0.15) is 4.98 Å². The topological polar surface area (TPSA) is 55.9 Å². The van der Waals surface area contributed by atoms with Crippen LogP contribution in [0.1, 0.15) is 63.4 Å². The predicted octanol–water partition coefficient (Wildman–Crippen LogP) is 3.32. The Kier molecular flexibility index (Phi) is 5.99. The minimum absolute atomic E-state index is 0.430. The lowest BCUT2D eigenvalue weighted by atomic mass is 10.1. The predicted molar refractivity (Wildman–Crippen MR) is 83.2 cm³/mol. The fourth-order valence-electron chi connectivity index (χ4n) is 2.52. The van der Waals surface area contributed by atoms with Crippen LogP contribution < -0.4 is 5.32 Å². The van der Waals surface area contributed by atoms with Crippen LogP contribution in [0.5, 0.6) is 0 Å². The van der Waals surface area contributed by atoms with Crippen LogP contribution in [0.4, 0.5) is 0 Å². The molecule has 0 spiro atoms. The van der Waals surface area contributed by atoms with E-state index >= 15 is 0 Å². The molecule has 0 amide bonds. The molecule has 5 nitrogen and oxygen atoms in total. The molecule has 116 valence electrons. The van der Waals surface area contributed by atoms with E-state index in [1.165, 1.54) is 12.0 Å². The summed E-state index contributed by atoms with van der Waals surface area (Å²) in [6, 6.07) is 2.60. The molecule has 0 aliphatic rings. The second kappa shape index (κ2) is 7.98. The van der Waals surface area contributed by atoms with Gasteiger partial charge in [0.05, 0.1) is 0 Å². The maximum atomic E-state index is 5.29. The summed E-state index contributed by atoms with van der Waals surface area (Å²) in [5, 5.41) is 7.52. The molecule has 1 unspecified atom stereocenters. The molecule has 0 radical (unpaired) electrons. The molecule has 2 aromatic heterocycles. The van der Waals surface area contributed by atoms with Gasteiger partial charge >= 0.3 is 0 Å². The number of nitrogens with one attached hydrogen (secondary N) is 1. The summed E-state index contributed by atoms with van der Waals surface area (Å²) in [6.45, 7) is 8.10. The number of hydrogen-bond donors (Lipinski definition) is 1. The van der Waals surface area contributed by atoms with E-state index in [0.29, 0.717) is 18.5 Å². The van der Waals surface area contributed by atoms with Gasteiger partial charge in [0.2, 0.25) is 5.89 Å². The third kappa shape index (κ3) is 4.43. The van der Waals surface area contributed by atoms with Crippen molar-refractivity contribution >= 4 is 0 Å². The first-order valence-electron chi connectivity index (χ1n) is 7.97. The van der Waals surface area contributed by atoms with Crippen LogP contribution in [-0.2, 0) is 13.0 Å². The molecule has 0 saturated carbocycles. The zero-order chi connectivity index (χ0) is 15.1. The van der Waals surface area contributed by atoms with Gasteiger partial charge in [0.15, 0.2) is 5.82 Å².